The second-order valence-electron chi connectivity index (χ2n) is 4.49. The van der Waals surface area contributed by atoms with Crippen molar-refractivity contribution < 1.29 is 17.9 Å². The summed E-state index contributed by atoms with van der Waals surface area (Å²) in [7, 11) is -2.60. The van der Waals surface area contributed by atoms with Gasteiger partial charge in [0.15, 0.2) is 0 Å². The second kappa shape index (κ2) is 7.21. The number of hydrogen-bond acceptors (Lipinski definition) is 4. The fraction of sp³-hybridized carbons (Fsp3) is 0.133. The molecular formula is C15H13Cl2NO4S. The minimum Gasteiger partial charge on any atom is -0.495 e. The Morgan fingerprint density at radius 1 is 1.13 bits per heavy atom. The fourth-order valence-electron chi connectivity index (χ4n) is 1.98. The highest BCUT2D eigenvalue weighted by Gasteiger charge is 2.28. The van der Waals surface area contributed by atoms with Crippen LogP contribution in [-0.2, 0) is 14.8 Å². The molecule has 0 aliphatic rings. The smallest absolute Gasteiger partial charge is 0.264 e. The molecule has 0 atom stereocenters. The Hall–Kier alpha value is -1.76. The lowest BCUT2D eigenvalue weighted by Crippen LogP contribution is -2.34. The van der Waals surface area contributed by atoms with Crippen LogP contribution in [0.3, 0.4) is 0 Å². The van der Waals surface area contributed by atoms with E-state index in [9.17, 15) is 13.2 Å². The van der Waals surface area contributed by atoms with Crippen LogP contribution in [-0.4, -0.2) is 27.3 Å². The molecule has 5 nitrogen and oxygen atoms in total. The molecule has 0 bridgehead atoms. The summed E-state index contributed by atoms with van der Waals surface area (Å²) in [6, 6.07) is 12.1. The normalized spacial score (nSPS) is 11.1. The molecule has 0 saturated carbocycles. The molecule has 0 heterocycles. The number of nitrogens with zero attached hydrogens (tertiary/aromatic N) is 1. The molecule has 0 aliphatic heterocycles. The van der Waals surface area contributed by atoms with Crippen molar-refractivity contribution in [2.24, 2.45) is 0 Å². The van der Waals surface area contributed by atoms with Crippen molar-refractivity contribution in [3.63, 3.8) is 0 Å². The van der Waals surface area contributed by atoms with Gasteiger partial charge in [0, 0.05) is 5.02 Å². The van der Waals surface area contributed by atoms with Gasteiger partial charge >= 0.3 is 0 Å². The van der Waals surface area contributed by atoms with Gasteiger partial charge in [-0.05, 0) is 48.0 Å². The number of carbonyl (C=O) groups excluding carboxylic acids is 1. The van der Waals surface area contributed by atoms with Gasteiger partial charge in [0.2, 0.25) is 5.24 Å². The van der Waals surface area contributed by atoms with E-state index in [1.807, 2.05) is 0 Å². The summed E-state index contributed by atoms with van der Waals surface area (Å²) in [5, 5.41) is -0.408. The minimum atomic E-state index is -4.01. The fourth-order valence-corrected chi connectivity index (χ4v) is 3.73. The van der Waals surface area contributed by atoms with E-state index >= 15 is 0 Å². The molecule has 2 aromatic carbocycles. The van der Waals surface area contributed by atoms with E-state index in [1.54, 1.807) is 18.2 Å². The van der Waals surface area contributed by atoms with E-state index in [0.717, 1.165) is 4.31 Å². The molecule has 2 aromatic rings. The van der Waals surface area contributed by atoms with Crippen LogP contribution in [0.1, 0.15) is 0 Å². The summed E-state index contributed by atoms with van der Waals surface area (Å²) < 4.78 is 31.8. The Balaban J connectivity index is 2.58. The number of benzene rings is 2. The van der Waals surface area contributed by atoms with E-state index < -0.39 is 21.8 Å². The van der Waals surface area contributed by atoms with Crippen molar-refractivity contribution in [1.29, 1.82) is 0 Å². The van der Waals surface area contributed by atoms with Crippen LogP contribution in [0.4, 0.5) is 5.69 Å². The van der Waals surface area contributed by atoms with Crippen LogP contribution < -0.4 is 9.04 Å². The Morgan fingerprint density at radius 3 is 2.30 bits per heavy atom. The Kier molecular flexibility index (Phi) is 5.51. The van der Waals surface area contributed by atoms with Crippen molar-refractivity contribution in [3.05, 3.63) is 53.6 Å². The number of para-hydroxylation sites is 2. The maximum atomic E-state index is 12.9. The number of rotatable bonds is 6. The first kappa shape index (κ1) is 17.6. The summed E-state index contributed by atoms with van der Waals surface area (Å²) in [6.07, 6.45) is 0. The Labute approximate surface area is 144 Å². The lowest BCUT2D eigenvalue weighted by atomic mass is 10.3. The first-order chi connectivity index (χ1) is 10.9. The molecule has 0 N–H and O–H groups in total. The molecule has 0 aliphatic carbocycles. The number of sulfonamides is 1. The zero-order valence-electron chi connectivity index (χ0n) is 12.1. The largest absolute Gasteiger partial charge is 0.495 e. The molecule has 0 radical (unpaired) electrons. The molecule has 0 unspecified atom stereocenters. The second-order valence-corrected chi connectivity index (χ2v) is 7.21. The molecule has 0 spiro atoms. The first-order valence-corrected chi connectivity index (χ1v) is 8.65. The van der Waals surface area contributed by atoms with Gasteiger partial charge in [0.05, 0.1) is 17.7 Å². The quantitative estimate of drug-likeness (QED) is 0.728. The molecule has 122 valence electrons. The molecule has 0 amide bonds. The highest BCUT2D eigenvalue weighted by Crippen LogP contribution is 2.32. The minimum absolute atomic E-state index is 0.00859. The van der Waals surface area contributed by atoms with Crippen molar-refractivity contribution in [2.75, 3.05) is 18.0 Å². The van der Waals surface area contributed by atoms with Gasteiger partial charge in [-0.3, -0.25) is 9.10 Å². The summed E-state index contributed by atoms with van der Waals surface area (Å²) in [4.78, 5) is 11.3. The number of carbonyl (C=O) groups is 1. The third-order valence-corrected chi connectivity index (χ3v) is 5.17. The maximum absolute atomic E-state index is 12.9. The van der Waals surface area contributed by atoms with Crippen LogP contribution in [0.25, 0.3) is 0 Å². The van der Waals surface area contributed by atoms with Gasteiger partial charge in [-0.2, -0.15) is 0 Å². The summed E-state index contributed by atoms with van der Waals surface area (Å²) in [5.41, 5.74) is 0.221. The number of anilines is 1. The number of ether oxygens (including phenoxy) is 1. The molecule has 0 saturated heterocycles. The SMILES string of the molecule is COc1ccccc1N(CC(=O)Cl)S(=O)(=O)c1ccc(Cl)cc1. The van der Waals surface area contributed by atoms with Crippen LogP contribution >= 0.6 is 23.2 Å². The lowest BCUT2D eigenvalue weighted by molar-refractivity contribution is -0.110. The molecule has 2 rings (SSSR count). The monoisotopic (exact) mass is 373 g/mol. The molecule has 23 heavy (non-hydrogen) atoms. The van der Waals surface area contributed by atoms with Crippen LogP contribution in [0.5, 0.6) is 5.75 Å². The number of methoxy groups -OCH3 is 1. The zero-order chi connectivity index (χ0) is 17.0. The molecule has 0 aromatic heterocycles. The standard InChI is InChI=1S/C15H13Cl2NO4S/c1-22-14-5-3-2-4-13(14)18(10-15(17)19)23(20,21)12-8-6-11(16)7-9-12/h2-9H,10H2,1H3. The predicted molar refractivity (Wildman–Crippen MR) is 89.8 cm³/mol. The zero-order valence-corrected chi connectivity index (χ0v) is 14.4. The average molecular weight is 374 g/mol. The number of halogens is 2. The van der Waals surface area contributed by atoms with Gasteiger partial charge in [-0.1, -0.05) is 23.7 Å². The van der Waals surface area contributed by atoms with Crippen molar-refractivity contribution in [2.45, 2.75) is 4.90 Å². The van der Waals surface area contributed by atoms with Gasteiger partial charge in [0.1, 0.15) is 12.3 Å². The predicted octanol–water partition coefficient (Wildman–Crippen LogP) is 3.31. The Morgan fingerprint density at radius 2 is 1.74 bits per heavy atom. The van der Waals surface area contributed by atoms with Crippen molar-refractivity contribution in [3.8, 4) is 5.75 Å². The van der Waals surface area contributed by atoms with Crippen molar-refractivity contribution >= 4 is 44.2 Å². The lowest BCUT2D eigenvalue weighted by Gasteiger charge is -2.24. The van der Waals surface area contributed by atoms with E-state index in [1.165, 1.54) is 37.4 Å². The third-order valence-electron chi connectivity index (χ3n) is 3.02. The topological polar surface area (TPSA) is 63.7 Å². The van der Waals surface area contributed by atoms with Gasteiger partial charge in [0.25, 0.3) is 10.0 Å². The van der Waals surface area contributed by atoms with E-state index in [4.69, 9.17) is 27.9 Å². The van der Waals surface area contributed by atoms with Gasteiger partial charge < -0.3 is 4.74 Å². The molecule has 8 heteroatoms. The van der Waals surface area contributed by atoms with Gasteiger partial charge in [-0.15, -0.1) is 0 Å². The third kappa shape index (κ3) is 3.96. The molecular weight excluding hydrogens is 361 g/mol. The molecule has 0 fully saturated rings. The maximum Gasteiger partial charge on any atom is 0.264 e. The number of hydrogen-bond donors (Lipinski definition) is 0. The Bertz CT molecular complexity index is 806. The van der Waals surface area contributed by atoms with Crippen molar-refractivity contribution in [1.82, 2.24) is 0 Å². The summed E-state index contributed by atoms with van der Waals surface area (Å²) in [6.45, 7) is -0.521. The highest BCUT2D eigenvalue weighted by molar-refractivity contribution is 7.92. The van der Waals surface area contributed by atoms with Crippen LogP contribution in [0.2, 0.25) is 5.02 Å². The van der Waals surface area contributed by atoms with E-state index in [2.05, 4.69) is 0 Å². The van der Waals surface area contributed by atoms with Crippen LogP contribution in [0.15, 0.2) is 53.4 Å². The summed E-state index contributed by atoms with van der Waals surface area (Å²) in [5.74, 6) is 0.308. The average Bonchev–Trinajstić information content (AvgIpc) is 2.52. The van der Waals surface area contributed by atoms with Gasteiger partial charge in [-0.25, -0.2) is 8.42 Å². The first-order valence-electron chi connectivity index (χ1n) is 6.46. The highest BCUT2D eigenvalue weighted by atomic mass is 35.5. The van der Waals surface area contributed by atoms with E-state index in [-0.39, 0.29) is 10.6 Å². The van der Waals surface area contributed by atoms with Crippen LogP contribution in [0, 0.1) is 0 Å². The summed E-state index contributed by atoms with van der Waals surface area (Å²) >= 11 is 11.2. The van der Waals surface area contributed by atoms with E-state index in [0.29, 0.717) is 10.8 Å².